The molecule has 0 aliphatic carbocycles. The Kier molecular flexibility index (Phi) is 7.63. The Bertz CT molecular complexity index is 1440. The van der Waals surface area contributed by atoms with E-state index >= 15 is 0 Å². The highest BCUT2D eigenvalue weighted by Gasteiger charge is 2.21. The van der Waals surface area contributed by atoms with E-state index < -0.39 is 11.9 Å². The molecule has 10 nitrogen and oxygen atoms in total. The van der Waals surface area contributed by atoms with Crippen LogP contribution in [0.1, 0.15) is 15.9 Å². The van der Waals surface area contributed by atoms with Crippen molar-refractivity contribution < 1.29 is 28.2 Å². The molecule has 11 heteroatoms. The number of nitrogens with zero attached hydrogens (tertiary/aromatic N) is 4. The second-order valence-electron chi connectivity index (χ2n) is 8.07. The Balaban J connectivity index is 1.72. The van der Waals surface area contributed by atoms with Gasteiger partial charge in [-0.15, -0.1) is 0 Å². The fourth-order valence-corrected chi connectivity index (χ4v) is 3.87. The highest BCUT2D eigenvalue weighted by Crippen LogP contribution is 2.28. The van der Waals surface area contributed by atoms with Crippen molar-refractivity contribution in [3.8, 4) is 17.0 Å². The molecule has 2 amide bonds. The number of methoxy groups -OCH3 is 3. The number of carbonyl (C=O) groups is 2. The number of hydrogen-bond acceptors (Lipinski definition) is 7. The van der Waals surface area contributed by atoms with Gasteiger partial charge in [0, 0.05) is 43.4 Å². The van der Waals surface area contributed by atoms with Crippen LogP contribution < -0.4 is 15.0 Å². The minimum atomic E-state index is -0.620. The number of benzene rings is 1. The van der Waals surface area contributed by atoms with Gasteiger partial charge in [-0.25, -0.2) is 19.2 Å². The van der Waals surface area contributed by atoms with E-state index in [2.05, 4.69) is 20.0 Å². The van der Waals surface area contributed by atoms with Gasteiger partial charge >= 0.3 is 6.09 Å². The number of pyridine rings is 2. The topological polar surface area (TPSA) is 107 Å². The summed E-state index contributed by atoms with van der Waals surface area (Å²) < 4.78 is 30.7. The van der Waals surface area contributed by atoms with Gasteiger partial charge < -0.3 is 19.1 Å². The van der Waals surface area contributed by atoms with E-state index in [4.69, 9.17) is 9.47 Å². The van der Waals surface area contributed by atoms with Crippen LogP contribution in [-0.4, -0.2) is 60.9 Å². The molecule has 0 fully saturated rings. The van der Waals surface area contributed by atoms with Gasteiger partial charge in [-0.3, -0.25) is 14.5 Å². The summed E-state index contributed by atoms with van der Waals surface area (Å²) in [6.45, 7) is 2.39. The number of imidazole rings is 1. The van der Waals surface area contributed by atoms with Gasteiger partial charge in [-0.05, 0) is 42.8 Å². The maximum atomic E-state index is 14.0. The Morgan fingerprint density at radius 2 is 1.89 bits per heavy atom. The predicted octanol–water partition coefficient (Wildman–Crippen LogP) is 4.32. The summed E-state index contributed by atoms with van der Waals surface area (Å²) in [5.74, 6) is -0.452. The van der Waals surface area contributed by atoms with Crippen LogP contribution in [0.25, 0.3) is 16.9 Å². The molecule has 4 rings (SSSR count). The van der Waals surface area contributed by atoms with Crippen molar-refractivity contribution >= 4 is 29.2 Å². The summed E-state index contributed by atoms with van der Waals surface area (Å²) in [6, 6.07) is 9.44. The van der Waals surface area contributed by atoms with Crippen LogP contribution in [-0.2, 0) is 9.47 Å². The predicted molar refractivity (Wildman–Crippen MR) is 136 cm³/mol. The minimum Gasteiger partial charge on any atom is -0.494 e. The molecule has 0 unspecified atom stereocenters. The summed E-state index contributed by atoms with van der Waals surface area (Å²) in [4.78, 5) is 35.4. The normalized spacial score (nSPS) is 10.8. The molecule has 0 atom stereocenters. The highest BCUT2D eigenvalue weighted by molar-refractivity contribution is 6.06. The van der Waals surface area contributed by atoms with Gasteiger partial charge in [0.15, 0.2) is 11.6 Å². The molecule has 3 heterocycles. The van der Waals surface area contributed by atoms with E-state index in [9.17, 15) is 14.0 Å². The molecule has 0 saturated carbocycles. The van der Waals surface area contributed by atoms with Crippen molar-refractivity contribution in [1.82, 2.24) is 14.4 Å². The summed E-state index contributed by atoms with van der Waals surface area (Å²) in [5.41, 5.74) is 3.78. The lowest BCUT2D eigenvalue weighted by Gasteiger charge is -2.23. The van der Waals surface area contributed by atoms with Gasteiger partial charge in [0.05, 0.1) is 38.3 Å². The van der Waals surface area contributed by atoms with Crippen LogP contribution in [0.5, 0.6) is 5.75 Å². The number of aromatic nitrogens is 3. The molecule has 4 aromatic rings. The fourth-order valence-electron chi connectivity index (χ4n) is 3.87. The zero-order valence-electron chi connectivity index (χ0n) is 20.8. The largest absolute Gasteiger partial charge is 0.494 e. The number of rotatable bonds is 8. The Labute approximate surface area is 212 Å². The lowest BCUT2D eigenvalue weighted by molar-refractivity contribution is 0.0975. The van der Waals surface area contributed by atoms with Crippen molar-refractivity contribution in [2.45, 2.75) is 6.92 Å². The van der Waals surface area contributed by atoms with E-state index in [-0.39, 0.29) is 24.8 Å². The van der Waals surface area contributed by atoms with E-state index in [0.29, 0.717) is 28.4 Å². The number of carbonyl (C=O) groups excluding carboxylic acids is 2. The maximum absolute atomic E-state index is 14.0. The molecule has 1 aromatic carbocycles. The molecule has 1 N–H and O–H groups in total. The highest BCUT2D eigenvalue weighted by atomic mass is 19.1. The lowest BCUT2D eigenvalue weighted by atomic mass is 10.1. The summed E-state index contributed by atoms with van der Waals surface area (Å²) in [6.07, 6.45) is 4.36. The molecule has 0 spiro atoms. The summed E-state index contributed by atoms with van der Waals surface area (Å²) in [5, 5.41) is 2.50. The van der Waals surface area contributed by atoms with Crippen LogP contribution in [0.3, 0.4) is 0 Å². The maximum Gasteiger partial charge on any atom is 0.412 e. The molecule has 3 aromatic heterocycles. The number of ether oxygens (including phenoxy) is 3. The van der Waals surface area contributed by atoms with Crippen LogP contribution >= 0.6 is 0 Å². The van der Waals surface area contributed by atoms with Gasteiger partial charge in [-0.2, -0.15) is 0 Å². The number of hydrogen-bond donors (Lipinski definition) is 1. The van der Waals surface area contributed by atoms with Crippen molar-refractivity contribution in [2.75, 3.05) is 44.7 Å². The smallest absolute Gasteiger partial charge is 0.412 e. The third kappa shape index (κ3) is 5.36. The van der Waals surface area contributed by atoms with Crippen molar-refractivity contribution in [3.05, 3.63) is 71.9 Å². The number of anilines is 2. The average molecular weight is 508 g/mol. The first-order valence-corrected chi connectivity index (χ1v) is 11.3. The number of fused-ring (bicyclic) bond motifs is 1. The number of amides is 2. The first kappa shape index (κ1) is 25.6. The molecule has 0 saturated heterocycles. The molecular formula is C26H26FN5O5. The van der Waals surface area contributed by atoms with Crippen molar-refractivity contribution in [3.63, 3.8) is 0 Å². The van der Waals surface area contributed by atoms with Crippen LogP contribution in [0.4, 0.5) is 20.7 Å². The molecule has 0 aliphatic rings. The van der Waals surface area contributed by atoms with E-state index in [1.807, 2.05) is 11.3 Å². The monoisotopic (exact) mass is 507 g/mol. The third-order valence-corrected chi connectivity index (χ3v) is 5.72. The molecule has 192 valence electrons. The van der Waals surface area contributed by atoms with E-state index in [1.54, 1.807) is 43.9 Å². The molecule has 0 radical (unpaired) electrons. The Morgan fingerprint density at radius 1 is 1.08 bits per heavy atom. The fraction of sp³-hybridized carbons (Fsp3) is 0.231. The average Bonchev–Trinajstić information content (AvgIpc) is 3.34. The lowest BCUT2D eigenvalue weighted by Crippen LogP contribution is -2.34. The third-order valence-electron chi connectivity index (χ3n) is 5.72. The van der Waals surface area contributed by atoms with Crippen molar-refractivity contribution in [2.24, 2.45) is 0 Å². The van der Waals surface area contributed by atoms with E-state index in [0.717, 1.165) is 11.1 Å². The number of aryl methyl sites for hydroxylation is 1. The van der Waals surface area contributed by atoms with Gasteiger partial charge in [0.2, 0.25) is 0 Å². The Hall–Kier alpha value is -4.51. The molecular weight excluding hydrogens is 481 g/mol. The van der Waals surface area contributed by atoms with Crippen LogP contribution in [0.15, 0.2) is 55.0 Å². The second-order valence-corrected chi connectivity index (χ2v) is 8.07. The SMILES string of the molecule is COCCN(C(=O)c1cc(C)c2ncc(-c3ccc(NC(=O)OC)nc3)n2c1)c1ccc(F)c(OC)c1. The minimum absolute atomic E-state index is 0.0360. The van der Waals surface area contributed by atoms with Gasteiger partial charge in [-0.1, -0.05) is 0 Å². The van der Waals surface area contributed by atoms with Gasteiger partial charge in [0.25, 0.3) is 5.91 Å². The van der Waals surface area contributed by atoms with Crippen LogP contribution in [0, 0.1) is 12.7 Å². The zero-order valence-corrected chi connectivity index (χ0v) is 20.8. The number of nitrogens with one attached hydrogen (secondary N) is 1. The summed E-state index contributed by atoms with van der Waals surface area (Å²) >= 11 is 0. The van der Waals surface area contributed by atoms with Crippen LogP contribution in [0.2, 0.25) is 0 Å². The van der Waals surface area contributed by atoms with E-state index in [1.165, 1.54) is 37.3 Å². The molecule has 0 bridgehead atoms. The number of halogens is 1. The van der Waals surface area contributed by atoms with Gasteiger partial charge in [0.1, 0.15) is 11.5 Å². The first-order chi connectivity index (χ1) is 17.9. The first-order valence-electron chi connectivity index (χ1n) is 11.3. The van der Waals surface area contributed by atoms with Crippen molar-refractivity contribution in [1.29, 1.82) is 0 Å². The zero-order chi connectivity index (χ0) is 26.5. The Morgan fingerprint density at radius 3 is 2.57 bits per heavy atom. The quantitative estimate of drug-likeness (QED) is 0.378. The molecule has 37 heavy (non-hydrogen) atoms. The second kappa shape index (κ2) is 11.0. The standard InChI is InChI=1S/C26H26FN5O5/c1-16-11-18(25(33)31(9-10-35-2)19-6-7-20(27)22(12-19)36-3)15-32-21(14-29-24(16)32)17-5-8-23(28-13-17)30-26(34)37-4/h5-8,11-15H,9-10H2,1-4H3,(H,28,30,34). The molecule has 0 aliphatic heterocycles. The summed E-state index contributed by atoms with van der Waals surface area (Å²) in [7, 11) is 4.18.